The Morgan fingerprint density at radius 3 is 2.52 bits per heavy atom. The van der Waals surface area contributed by atoms with E-state index in [0.717, 1.165) is 25.2 Å². The lowest BCUT2D eigenvalue weighted by molar-refractivity contribution is 0.102. The molecule has 0 fully saturated rings. The summed E-state index contributed by atoms with van der Waals surface area (Å²) in [5.74, 6) is 0.310. The number of nitrogens with zero attached hydrogens (tertiary/aromatic N) is 2. The third kappa shape index (κ3) is 5.88. The Bertz CT molecular complexity index is 626. The minimum Gasteiger partial charge on any atom is -0.384 e. The van der Waals surface area contributed by atoms with Crippen LogP contribution in [0, 0.1) is 0 Å². The molecule has 1 amide bonds. The molecular weight excluding hydrogens is 312 g/mol. The molecule has 2 N–H and O–H groups in total. The van der Waals surface area contributed by atoms with Gasteiger partial charge in [-0.1, -0.05) is 11.6 Å². The van der Waals surface area contributed by atoms with E-state index in [1.807, 2.05) is 6.07 Å². The number of benzene rings is 1. The van der Waals surface area contributed by atoms with Crippen molar-refractivity contribution in [2.24, 2.45) is 0 Å². The largest absolute Gasteiger partial charge is 0.384 e. The van der Waals surface area contributed by atoms with Crippen LogP contribution in [-0.4, -0.2) is 43.0 Å². The topological polar surface area (TPSA) is 57.3 Å². The van der Waals surface area contributed by atoms with Crippen molar-refractivity contribution in [1.82, 2.24) is 9.88 Å². The van der Waals surface area contributed by atoms with Crippen molar-refractivity contribution >= 4 is 29.0 Å². The zero-order chi connectivity index (χ0) is 16.7. The Labute approximate surface area is 141 Å². The third-order valence-corrected chi connectivity index (χ3v) is 3.47. The first-order chi connectivity index (χ1) is 11.0. The fourth-order valence-electron chi connectivity index (χ4n) is 1.99. The molecule has 2 rings (SSSR count). The standard InChI is InChI=1S/C17H21ClN4O/c1-22(2)11-3-10-19-15-8-9-16(20-12-15)21-17(23)13-4-6-14(18)7-5-13/h4-9,12,19H,3,10-11H2,1-2H3,(H,20,21,23). The highest BCUT2D eigenvalue weighted by Gasteiger charge is 2.06. The number of carbonyl (C=O) groups excluding carboxylic acids is 1. The summed E-state index contributed by atoms with van der Waals surface area (Å²) < 4.78 is 0. The fourth-order valence-corrected chi connectivity index (χ4v) is 2.12. The quantitative estimate of drug-likeness (QED) is 0.763. The molecule has 0 radical (unpaired) electrons. The second kappa shape index (κ2) is 8.50. The molecule has 5 nitrogen and oxygen atoms in total. The highest BCUT2D eigenvalue weighted by atomic mass is 35.5. The molecule has 1 aromatic carbocycles. The average molecular weight is 333 g/mol. The summed E-state index contributed by atoms with van der Waals surface area (Å²) in [7, 11) is 4.11. The normalized spacial score (nSPS) is 10.6. The Morgan fingerprint density at radius 2 is 1.91 bits per heavy atom. The van der Waals surface area contributed by atoms with Crippen molar-refractivity contribution in [3.8, 4) is 0 Å². The number of carbonyl (C=O) groups is 1. The molecule has 1 heterocycles. The number of aromatic nitrogens is 1. The Morgan fingerprint density at radius 1 is 1.17 bits per heavy atom. The summed E-state index contributed by atoms with van der Waals surface area (Å²) in [6.45, 7) is 1.92. The molecule has 2 aromatic rings. The molecule has 0 spiro atoms. The number of halogens is 1. The molecule has 0 atom stereocenters. The van der Waals surface area contributed by atoms with Gasteiger partial charge in [0.2, 0.25) is 0 Å². The van der Waals surface area contributed by atoms with Crippen LogP contribution in [-0.2, 0) is 0 Å². The third-order valence-electron chi connectivity index (χ3n) is 3.22. The van der Waals surface area contributed by atoms with Gasteiger partial charge in [-0.05, 0) is 63.5 Å². The zero-order valence-corrected chi connectivity index (χ0v) is 14.1. The molecule has 6 heteroatoms. The maximum absolute atomic E-state index is 12.1. The predicted molar refractivity (Wildman–Crippen MR) is 95.3 cm³/mol. The van der Waals surface area contributed by atoms with Gasteiger partial charge in [0.05, 0.1) is 11.9 Å². The summed E-state index contributed by atoms with van der Waals surface area (Å²) in [4.78, 5) is 18.5. The van der Waals surface area contributed by atoms with Crippen molar-refractivity contribution in [2.75, 3.05) is 37.8 Å². The van der Waals surface area contributed by atoms with Crippen LogP contribution in [0.1, 0.15) is 16.8 Å². The lowest BCUT2D eigenvalue weighted by atomic mass is 10.2. The zero-order valence-electron chi connectivity index (χ0n) is 13.3. The molecule has 1 aromatic heterocycles. The van der Waals surface area contributed by atoms with Gasteiger partial charge >= 0.3 is 0 Å². The highest BCUT2D eigenvalue weighted by molar-refractivity contribution is 6.30. The minimum atomic E-state index is -0.208. The lowest BCUT2D eigenvalue weighted by Crippen LogP contribution is -2.16. The summed E-state index contributed by atoms with van der Waals surface area (Å²) in [6, 6.07) is 10.4. The second-order valence-electron chi connectivity index (χ2n) is 5.48. The first-order valence-electron chi connectivity index (χ1n) is 7.46. The minimum absolute atomic E-state index is 0.208. The van der Waals surface area contributed by atoms with Crippen molar-refractivity contribution in [1.29, 1.82) is 0 Å². The van der Waals surface area contributed by atoms with Crippen molar-refractivity contribution in [3.63, 3.8) is 0 Å². The molecule has 122 valence electrons. The van der Waals surface area contributed by atoms with Crippen LogP contribution in [0.25, 0.3) is 0 Å². The molecule has 0 bridgehead atoms. The van der Waals surface area contributed by atoms with Crippen LogP contribution < -0.4 is 10.6 Å². The smallest absolute Gasteiger partial charge is 0.256 e. The molecule has 0 saturated carbocycles. The van der Waals surface area contributed by atoms with Crippen LogP contribution in [0.5, 0.6) is 0 Å². The van der Waals surface area contributed by atoms with Gasteiger partial charge in [0.15, 0.2) is 0 Å². The molecule has 0 aliphatic carbocycles. The molecule has 0 unspecified atom stereocenters. The number of hydrogen-bond acceptors (Lipinski definition) is 4. The van der Waals surface area contributed by atoms with Crippen molar-refractivity contribution in [3.05, 3.63) is 53.2 Å². The maximum Gasteiger partial charge on any atom is 0.256 e. The van der Waals surface area contributed by atoms with Gasteiger partial charge in [-0.25, -0.2) is 4.98 Å². The van der Waals surface area contributed by atoms with Crippen LogP contribution >= 0.6 is 11.6 Å². The first-order valence-corrected chi connectivity index (χ1v) is 7.84. The van der Waals surface area contributed by atoms with E-state index >= 15 is 0 Å². The molecular formula is C17H21ClN4O. The van der Waals surface area contributed by atoms with E-state index in [4.69, 9.17) is 11.6 Å². The van der Waals surface area contributed by atoms with E-state index in [0.29, 0.717) is 16.4 Å². The number of rotatable bonds is 7. The van der Waals surface area contributed by atoms with Gasteiger partial charge in [-0.3, -0.25) is 4.79 Å². The summed E-state index contributed by atoms with van der Waals surface area (Å²) in [5, 5.41) is 6.66. The summed E-state index contributed by atoms with van der Waals surface area (Å²) >= 11 is 5.81. The maximum atomic E-state index is 12.1. The van der Waals surface area contributed by atoms with Crippen LogP contribution in [0.4, 0.5) is 11.5 Å². The van der Waals surface area contributed by atoms with E-state index in [1.165, 1.54) is 0 Å². The van der Waals surface area contributed by atoms with Gasteiger partial charge in [-0.15, -0.1) is 0 Å². The fraction of sp³-hybridized carbons (Fsp3) is 0.294. The molecule has 23 heavy (non-hydrogen) atoms. The van der Waals surface area contributed by atoms with Gasteiger partial charge in [0, 0.05) is 17.1 Å². The van der Waals surface area contributed by atoms with E-state index in [9.17, 15) is 4.79 Å². The van der Waals surface area contributed by atoms with Crippen LogP contribution in [0.2, 0.25) is 5.02 Å². The Balaban J connectivity index is 1.84. The first kappa shape index (κ1) is 17.2. The lowest BCUT2D eigenvalue weighted by Gasteiger charge is -2.11. The Kier molecular flexibility index (Phi) is 6.38. The predicted octanol–water partition coefficient (Wildman–Crippen LogP) is 3.35. The van der Waals surface area contributed by atoms with Crippen molar-refractivity contribution in [2.45, 2.75) is 6.42 Å². The SMILES string of the molecule is CN(C)CCCNc1ccc(NC(=O)c2ccc(Cl)cc2)nc1. The number of pyridine rings is 1. The van der Waals surface area contributed by atoms with E-state index in [1.54, 1.807) is 36.5 Å². The molecule has 0 aliphatic heterocycles. The highest BCUT2D eigenvalue weighted by Crippen LogP contribution is 2.13. The Hall–Kier alpha value is -2.11. The second-order valence-corrected chi connectivity index (χ2v) is 5.91. The van der Waals surface area contributed by atoms with E-state index < -0.39 is 0 Å². The number of amides is 1. The van der Waals surface area contributed by atoms with E-state index in [2.05, 4.69) is 34.6 Å². The summed E-state index contributed by atoms with van der Waals surface area (Å²) in [5.41, 5.74) is 1.48. The van der Waals surface area contributed by atoms with Crippen LogP contribution in [0.3, 0.4) is 0 Å². The van der Waals surface area contributed by atoms with Gasteiger partial charge in [0.25, 0.3) is 5.91 Å². The van der Waals surface area contributed by atoms with Crippen LogP contribution in [0.15, 0.2) is 42.6 Å². The number of nitrogens with one attached hydrogen (secondary N) is 2. The molecule has 0 saturated heterocycles. The van der Waals surface area contributed by atoms with E-state index in [-0.39, 0.29) is 5.91 Å². The number of anilines is 2. The van der Waals surface area contributed by atoms with Gasteiger partial charge < -0.3 is 15.5 Å². The molecule has 0 aliphatic rings. The average Bonchev–Trinajstić information content (AvgIpc) is 2.53. The number of hydrogen-bond donors (Lipinski definition) is 2. The van der Waals surface area contributed by atoms with Crippen molar-refractivity contribution < 1.29 is 4.79 Å². The summed E-state index contributed by atoms with van der Waals surface area (Å²) in [6.07, 6.45) is 2.77. The van der Waals surface area contributed by atoms with Gasteiger partial charge in [-0.2, -0.15) is 0 Å². The monoisotopic (exact) mass is 332 g/mol. The van der Waals surface area contributed by atoms with Gasteiger partial charge in [0.1, 0.15) is 5.82 Å².